The van der Waals surface area contributed by atoms with Crippen LogP contribution in [0.3, 0.4) is 0 Å². The van der Waals surface area contributed by atoms with Crippen LogP contribution in [0.25, 0.3) is 4.85 Å². The van der Waals surface area contributed by atoms with Crippen LogP contribution in [0.2, 0.25) is 0 Å². The number of nitrogens with zero attached hydrogens (tertiary/aromatic N) is 3. The Kier molecular flexibility index (Phi) is 3.28. The van der Waals surface area contributed by atoms with Crippen LogP contribution in [0.15, 0.2) is 11.8 Å². The number of hydrogen-bond donors (Lipinski definition) is 0. The largest absolute Gasteiger partial charge is 0.481 e. The standard InChI is InChI=1S/C17H19N3O2/c1-9-12-7-6-11-15(19-10(2)20-16(11)22-5)17(12,3)8-13(18-4)14(9)21/h8-9,12H,6-7H2,1-3,5H3/t9-,12-,17-/m0/s1. The van der Waals surface area contributed by atoms with Crippen LogP contribution in [-0.2, 0) is 16.6 Å². The number of Topliss-reactive ketones (excluding diaryl/α,β-unsaturated/α-hetero) is 1. The molecule has 0 saturated heterocycles. The molecule has 0 saturated carbocycles. The summed E-state index contributed by atoms with van der Waals surface area (Å²) < 4.78 is 5.42. The maximum Gasteiger partial charge on any atom is 0.226 e. The van der Waals surface area contributed by atoms with Gasteiger partial charge in [0, 0.05) is 16.9 Å². The number of aromatic nitrogens is 2. The molecule has 5 nitrogen and oxygen atoms in total. The lowest BCUT2D eigenvalue weighted by Gasteiger charge is -2.45. The van der Waals surface area contributed by atoms with Crippen molar-refractivity contribution in [1.82, 2.24) is 9.97 Å². The van der Waals surface area contributed by atoms with Crippen molar-refractivity contribution in [3.63, 3.8) is 0 Å². The third-order valence-corrected chi connectivity index (χ3v) is 5.09. The number of allylic oxidation sites excluding steroid dienone is 2. The number of ether oxygens (including phenoxy) is 1. The highest BCUT2D eigenvalue weighted by molar-refractivity contribution is 6.00. The summed E-state index contributed by atoms with van der Waals surface area (Å²) in [6.45, 7) is 13.1. The summed E-state index contributed by atoms with van der Waals surface area (Å²) >= 11 is 0. The molecule has 1 heterocycles. The molecular weight excluding hydrogens is 278 g/mol. The topological polar surface area (TPSA) is 56.4 Å². The van der Waals surface area contributed by atoms with E-state index in [-0.39, 0.29) is 23.3 Å². The summed E-state index contributed by atoms with van der Waals surface area (Å²) in [5, 5.41) is 0. The van der Waals surface area contributed by atoms with E-state index in [0.717, 1.165) is 24.1 Å². The lowest BCUT2D eigenvalue weighted by atomic mass is 9.58. The molecule has 0 fully saturated rings. The summed E-state index contributed by atoms with van der Waals surface area (Å²) in [5.41, 5.74) is 1.74. The SMILES string of the molecule is [C-]#[N+]C1=C[C@]2(C)c3nc(C)nc(OC)c3CC[C@H]2[C@H](C)C1=O. The molecule has 0 N–H and O–H groups in total. The lowest BCUT2D eigenvalue weighted by molar-refractivity contribution is -0.121. The van der Waals surface area contributed by atoms with Crippen molar-refractivity contribution >= 4 is 5.78 Å². The minimum atomic E-state index is -0.415. The van der Waals surface area contributed by atoms with Gasteiger partial charge in [-0.3, -0.25) is 0 Å². The third-order valence-electron chi connectivity index (χ3n) is 5.09. The van der Waals surface area contributed by atoms with Crippen molar-refractivity contribution in [2.75, 3.05) is 7.11 Å². The molecule has 114 valence electrons. The van der Waals surface area contributed by atoms with Gasteiger partial charge in [0.05, 0.1) is 19.4 Å². The van der Waals surface area contributed by atoms with E-state index >= 15 is 0 Å². The fourth-order valence-electron chi connectivity index (χ4n) is 3.99. The van der Waals surface area contributed by atoms with E-state index in [9.17, 15) is 4.79 Å². The van der Waals surface area contributed by atoms with Gasteiger partial charge in [-0.25, -0.2) is 9.83 Å². The second-order valence-corrected chi connectivity index (χ2v) is 6.33. The quantitative estimate of drug-likeness (QED) is 0.748. The summed E-state index contributed by atoms with van der Waals surface area (Å²) in [5.74, 6) is 1.23. The number of ketones is 1. The zero-order valence-corrected chi connectivity index (χ0v) is 13.3. The Morgan fingerprint density at radius 1 is 1.45 bits per heavy atom. The van der Waals surface area contributed by atoms with Gasteiger partial charge in [0.25, 0.3) is 0 Å². The highest BCUT2D eigenvalue weighted by Gasteiger charge is 2.49. The van der Waals surface area contributed by atoms with Gasteiger partial charge >= 0.3 is 0 Å². The van der Waals surface area contributed by atoms with Crippen LogP contribution in [0.1, 0.15) is 37.4 Å². The lowest BCUT2D eigenvalue weighted by Crippen LogP contribution is -2.46. The Morgan fingerprint density at radius 2 is 2.18 bits per heavy atom. The van der Waals surface area contributed by atoms with Crippen LogP contribution in [0.5, 0.6) is 5.88 Å². The van der Waals surface area contributed by atoms with Crippen LogP contribution < -0.4 is 4.74 Å². The smallest absolute Gasteiger partial charge is 0.226 e. The number of carbonyl (C=O) groups is 1. The predicted molar refractivity (Wildman–Crippen MR) is 81.3 cm³/mol. The molecule has 0 aliphatic heterocycles. The van der Waals surface area contributed by atoms with E-state index in [1.54, 1.807) is 7.11 Å². The number of aryl methyl sites for hydroxylation is 1. The first-order valence-electron chi connectivity index (χ1n) is 7.49. The molecule has 22 heavy (non-hydrogen) atoms. The van der Waals surface area contributed by atoms with Gasteiger partial charge in [0.15, 0.2) is 5.78 Å². The van der Waals surface area contributed by atoms with Crippen LogP contribution in [0, 0.1) is 25.3 Å². The molecule has 5 heteroatoms. The van der Waals surface area contributed by atoms with E-state index in [1.807, 2.05) is 19.9 Å². The molecular formula is C17H19N3O2. The molecule has 2 aliphatic carbocycles. The Bertz CT molecular complexity index is 732. The normalized spacial score (nSPS) is 30.0. The van der Waals surface area contributed by atoms with Crippen LogP contribution in [-0.4, -0.2) is 22.9 Å². The molecule has 2 aliphatic rings. The first kappa shape index (κ1) is 14.7. The first-order valence-corrected chi connectivity index (χ1v) is 7.49. The van der Waals surface area contributed by atoms with E-state index in [4.69, 9.17) is 11.3 Å². The predicted octanol–water partition coefficient (Wildman–Crippen LogP) is 2.64. The second-order valence-electron chi connectivity index (χ2n) is 6.33. The van der Waals surface area contributed by atoms with Gasteiger partial charge in [-0.15, -0.1) is 0 Å². The number of fused-ring (bicyclic) bond motifs is 3. The van der Waals surface area contributed by atoms with Gasteiger partial charge in [-0.2, -0.15) is 4.98 Å². The number of hydrogen-bond acceptors (Lipinski definition) is 4. The van der Waals surface area contributed by atoms with Crippen molar-refractivity contribution in [3.05, 3.63) is 40.3 Å². The monoisotopic (exact) mass is 297 g/mol. The molecule has 0 aromatic carbocycles. The van der Waals surface area contributed by atoms with Crippen molar-refractivity contribution in [2.45, 2.75) is 39.0 Å². The number of rotatable bonds is 1. The molecule has 0 radical (unpaired) electrons. The van der Waals surface area contributed by atoms with E-state index in [1.165, 1.54) is 0 Å². The molecule has 3 rings (SSSR count). The second kappa shape index (κ2) is 4.91. The average molecular weight is 297 g/mol. The average Bonchev–Trinajstić information content (AvgIpc) is 2.50. The maximum atomic E-state index is 12.3. The Morgan fingerprint density at radius 3 is 2.82 bits per heavy atom. The Balaban J connectivity index is 2.28. The van der Waals surface area contributed by atoms with Crippen molar-refractivity contribution in [2.24, 2.45) is 11.8 Å². The van der Waals surface area contributed by atoms with Gasteiger partial charge in [-0.05, 0) is 25.7 Å². The van der Waals surface area contributed by atoms with E-state index in [2.05, 4.69) is 21.7 Å². The first-order chi connectivity index (χ1) is 10.4. The van der Waals surface area contributed by atoms with E-state index < -0.39 is 5.41 Å². The highest BCUT2D eigenvalue weighted by atomic mass is 16.5. The number of carbonyl (C=O) groups excluding carboxylic acids is 1. The fourth-order valence-corrected chi connectivity index (χ4v) is 3.99. The molecule has 0 bridgehead atoms. The molecule has 0 spiro atoms. The van der Waals surface area contributed by atoms with Crippen LogP contribution in [0.4, 0.5) is 0 Å². The van der Waals surface area contributed by atoms with Gasteiger partial charge in [-0.1, -0.05) is 19.9 Å². The minimum Gasteiger partial charge on any atom is -0.481 e. The Labute approximate surface area is 130 Å². The van der Waals surface area contributed by atoms with Crippen molar-refractivity contribution in [3.8, 4) is 5.88 Å². The fraction of sp³-hybridized carbons (Fsp3) is 0.529. The summed E-state index contributed by atoms with van der Waals surface area (Å²) in [4.78, 5) is 24.8. The van der Waals surface area contributed by atoms with Crippen LogP contribution >= 0.6 is 0 Å². The summed E-state index contributed by atoms with van der Waals surface area (Å²) in [6.07, 6.45) is 3.50. The van der Waals surface area contributed by atoms with Crippen molar-refractivity contribution in [1.29, 1.82) is 0 Å². The van der Waals surface area contributed by atoms with Crippen molar-refractivity contribution < 1.29 is 9.53 Å². The summed E-state index contributed by atoms with van der Waals surface area (Å²) in [6, 6.07) is 0. The maximum absolute atomic E-state index is 12.3. The molecule has 1 aromatic heterocycles. The van der Waals surface area contributed by atoms with Gasteiger partial charge < -0.3 is 9.53 Å². The van der Waals surface area contributed by atoms with E-state index in [0.29, 0.717) is 11.7 Å². The minimum absolute atomic E-state index is 0.0429. The highest BCUT2D eigenvalue weighted by Crippen LogP contribution is 2.50. The third kappa shape index (κ3) is 1.87. The molecule has 1 aromatic rings. The molecule has 0 amide bonds. The zero-order valence-electron chi connectivity index (χ0n) is 13.3. The molecule has 3 atom stereocenters. The number of methoxy groups -OCH3 is 1. The summed E-state index contributed by atoms with van der Waals surface area (Å²) in [7, 11) is 1.61. The van der Waals surface area contributed by atoms with Gasteiger partial charge in [0.2, 0.25) is 11.6 Å². The molecule has 0 unspecified atom stereocenters. The zero-order chi connectivity index (χ0) is 16.1. The van der Waals surface area contributed by atoms with Gasteiger partial charge in [0.1, 0.15) is 5.82 Å². The Hall–Kier alpha value is -2.22.